The molecule has 6 heteroatoms. The molecule has 2 unspecified atom stereocenters. The number of hydrogen-bond donors (Lipinski definition) is 1. The van der Waals surface area contributed by atoms with Crippen molar-refractivity contribution in [2.75, 3.05) is 18.1 Å². The Morgan fingerprint density at radius 1 is 1.35 bits per heavy atom. The van der Waals surface area contributed by atoms with Crippen LogP contribution >= 0.6 is 0 Å². The summed E-state index contributed by atoms with van der Waals surface area (Å²) < 4.78 is 45.7. The van der Waals surface area contributed by atoms with Crippen molar-refractivity contribution in [2.24, 2.45) is 5.73 Å². The predicted molar refractivity (Wildman–Crippen MR) is 72.0 cm³/mol. The highest BCUT2D eigenvalue weighted by Gasteiger charge is 2.47. The third-order valence-corrected chi connectivity index (χ3v) is 3.52. The van der Waals surface area contributed by atoms with Gasteiger partial charge >= 0.3 is 6.18 Å². The zero-order valence-corrected chi connectivity index (χ0v) is 11.4. The van der Waals surface area contributed by atoms with E-state index in [0.29, 0.717) is 24.5 Å². The molecule has 0 saturated heterocycles. The van der Waals surface area contributed by atoms with Crippen LogP contribution in [-0.2, 0) is 0 Å². The fourth-order valence-electron chi connectivity index (χ4n) is 2.52. The normalized spacial score (nSPS) is 18.8. The molecule has 1 aliphatic rings. The Labute approximate surface area is 116 Å². The number of fused-ring (bicyclic) bond motifs is 1. The molecule has 2 N–H and O–H groups in total. The predicted octanol–water partition coefficient (Wildman–Crippen LogP) is 2.94. The van der Waals surface area contributed by atoms with Crippen LogP contribution in [0, 0.1) is 0 Å². The van der Waals surface area contributed by atoms with E-state index in [9.17, 15) is 13.2 Å². The number of para-hydroxylation sites is 2. The number of ether oxygens (including phenoxy) is 1. The summed E-state index contributed by atoms with van der Waals surface area (Å²) in [5.41, 5.74) is 6.21. The molecule has 1 heterocycles. The zero-order chi connectivity index (χ0) is 14.8. The first-order valence-corrected chi connectivity index (χ1v) is 6.76. The summed E-state index contributed by atoms with van der Waals surface area (Å²) in [7, 11) is 0. The molecule has 0 bridgehead atoms. The number of hydrogen-bond acceptors (Lipinski definition) is 3. The third kappa shape index (κ3) is 3.00. The number of anilines is 1. The lowest BCUT2D eigenvalue weighted by Gasteiger charge is -2.37. The fourth-order valence-corrected chi connectivity index (χ4v) is 2.52. The molecule has 20 heavy (non-hydrogen) atoms. The van der Waals surface area contributed by atoms with Crippen LogP contribution < -0.4 is 15.4 Å². The number of benzene rings is 1. The second-order valence-corrected chi connectivity index (χ2v) is 4.92. The van der Waals surface area contributed by atoms with Gasteiger partial charge in [-0.25, -0.2) is 0 Å². The minimum atomic E-state index is -4.37. The van der Waals surface area contributed by atoms with Gasteiger partial charge < -0.3 is 15.4 Å². The Bertz CT molecular complexity index is 450. The van der Waals surface area contributed by atoms with Gasteiger partial charge in [0.1, 0.15) is 11.8 Å². The van der Waals surface area contributed by atoms with Gasteiger partial charge in [0, 0.05) is 12.6 Å². The average molecular weight is 288 g/mol. The molecule has 0 aliphatic carbocycles. The van der Waals surface area contributed by atoms with Gasteiger partial charge in [0.2, 0.25) is 0 Å². The number of alkyl halides is 3. The quantitative estimate of drug-likeness (QED) is 0.929. The van der Waals surface area contributed by atoms with Crippen LogP contribution in [0.5, 0.6) is 5.75 Å². The van der Waals surface area contributed by atoms with Gasteiger partial charge in [-0.1, -0.05) is 19.1 Å². The molecule has 0 aromatic heterocycles. The molecule has 0 amide bonds. The van der Waals surface area contributed by atoms with E-state index in [4.69, 9.17) is 10.5 Å². The van der Waals surface area contributed by atoms with Crippen LogP contribution in [0.25, 0.3) is 0 Å². The molecule has 0 radical (unpaired) electrons. The Balaban J connectivity index is 2.42. The third-order valence-electron chi connectivity index (χ3n) is 3.52. The zero-order valence-electron chi connectivity index (χ0n) is 11.4. The van der Waals surface area contributed by atoms with Gasteiger partial charge in [-0.15, -0.1) is 0 Å². The second kappa shape index (κ2) is 5.91. The smallest absolute Gasteiger partial charge is 0.410 e. The van der Waals surface area contributed by atoms with E-state index in [1.807, 2.05) is 0 Å². The minimum Gasteiger partial charge on any atom is -0.491 e. The van der Waals surface area contributed by atoms with Crippen LogP contribution in [0.15, 0.2) is 24.3 Å². The van der Waals surface area contributed by atoms with Crippen LogP contribution in [0.4, 0.5) is 18.9 Å². The van der Waals surface area contributed by atoms with E-state index in [0.717, 1.165) is 0 Å². The largest absolute Gasteiger partial charge is 0.491 e. The van der Waals surface area contributed by atoms with Gasteiger partial charge in [0.25, 0.3) is 0 Å². The standard InChI is InChI=1S/C14H19F3N2O/c1-2-10(18)13(14(15,16)17)19-8-5-9-20-12-7-4-3-6-11(12)19/h3-4,6-7,10,13H,2,5,8-9,18H2,1H3. The Morgan fingerprint density at radius 3 is 2.70 bits per heavy atom. The molecule has 1 aliphatic heterocycles. The Kier molecular flexibility index (Phi) is 4.42. The number of nitrogens with two attached hydrogens (primary N) is 1. The van der Waals surface area contributed by atoms with Crippen molar-refractivity contribution in [1.29, 1.82) is 0 Å². The SMILES string of the molecule is CCC(N)C(N1CCCOc2ccccc21)C(F)(F)F. The minimum absolute atomic E-state index is 0.268. The van der Waals surface area contributed by atoms with E-state index < -0.39 is 18.3 Å². The summed E-state index contributed by atoms with van der Waals surface area (Å²) in [5.74, 6) is 0.488. The first-order valence-electron chi connectivity index (χ1n) is 6.76. The van der Waals surface area contributed by atoms with Gasteiger partial charge in [0.15, 0.2) is 0 Å². The van der Waals surface area contributed by atoms with Crippen molar-refractivity contribution >= 4 is 5.69 Å². The second-order valence-electron chi connectivity index (χ2n) is 4.92. The average Bonchev–Trinajstić information content (AvgIpc) is 2.60. The van der Waals surface area contributed by atoms with Crippen molar-refractivity contribution < 1.29 is 17.9 Å². The summed E-state index contributed by atoms with van der Waals surface area (Å²) in [6, 6.07) is 4.17. The van der Waals surface area contributed by atoms with Crippen LogP contribution in [0.3, 0.4) is 0 Å². The maximum absolute atomic E-state index is 13.4. The van der Waals surface area contributed by atoms with Crippen molar-refractivity contribution in [3.8, 4) is 5.75 Å². The molecule has 112 valence electrons. The summed E-state index contributed by atoms with van der Waals surface area (Å²) in [5, 5.41) is 0. The van der Waals surface area contributed by atoms with Gasteiger partial charge in [-0.2, -0.15) is 13.2 Å². The molecule has 2 atom stereocenters. The van der Waals surface area contributed by atoms with Gasteiger partial charge in [0.05, 0.1) is 12.3 Å². The molecule has 0 fully saturated rings. The molecule has 1 aromatic rings. The highest BCUT2D eigenvalue weighted by atomic mass is 19.4. The highest BCUT2D eigenvalue weighted by molar-refractivity contribution is 5.60. The maximum atomic E-state index is 13.4. The number of nitrogens with zero attached hydrogens (tertiary/aromatic N) is 1. The van der Waals surface area contributed by atoms with Crippen LogP contribution in [-0.4, -0.2) is 31.4 Å². The number of halogens is 3. The summed E-state index contributed by atoms with van der Waals surface area (Å²) in [6.07, 6.45) is -3.56. The number of rotatable bonds is 3. The van der Waals surface area contributed by atoms with E-state index in [2.05, 4.69) is 0 Å². The molecular weight excluding hydrogens is 269 g/mol. The molecule has 1 aromatic carbocycles. The lowest BCUT2D eigenvalue weighted by atomic mass is 10.0. The molecule has 2 rings (SSSR count). The first-order chi connectivity index (χ1) is 9.45. The van der Waals surface area contributed by atoms with Gasteiger partial charge in [-0.05, 0) is 25.0 Å². The summed E-state index contributed by atoms with van der Waals surface area (Å²) in [4.78, 5) is 1.34. The lowest BCUT2D eigenvalue weighted by Crippen LogP contribution is -2.56. The van der Waals surface area contributed by atoms with Crippen molar-refractivity contribution in [3.05, 3.63) is 24.3 Å². The molecule has 3 nitrogen and oxygen atoms in total. The van der Waals surface area contributed by atoms with Crippen molar-refractivity contribution in [1.82, 2.24) is 0 Å². The highest BCUT2D eigenvalue weighted by Crippen LogP contribution is 2.37. The Hall–Kier alpha value is -1.43. The topological polar surface area (TPSA) is 38.5 Å². The van der Waals surface area contributed by atoms with E-state index in [-0.39, 0.29) is 13.0 Å². The first kappa shape index (κ1) is 15.0. The van der Waals surface area contributed by atoms with Gasteiger partial charge in [-0.3, -0.25) is 0 Å². The Morgan fingerprint density at radius 2 is 2.05 bits per heavy atom. The van der Waals surface area contributed by atoms with E-state index in [1.165, 1.54) is 4.90 Å². The lowest BCUT2D eigenvalue weighted by molar-refractivity contribution is -0.153. The van der Waals surface area contributed by atoms with Crippen molar-refractivity contribution in [2.45, 2.75) is 38.0 Å². The van der Waals surface area contributed by atoms with Crippen LogP contribution in [0.1, 0.15) is 19.8 Å². The monoisotopic (exact) mass is 288 g/mol. The van der Waals surface area contributed by atoms with Crippen LogP contribution in [0.2, 0.25) is 0 Å². The molecular formula is C14H19F3N2O. The van der Waals surface area contributed by atoms with E-state index >= 15 is 0 Å². The fraction of sp³-hybridized carbons (Fsp3) is 0.571. The summed E-state index contributed by atoms with van der Waals surface area (Å²) >= 11 is 0. The summed E-state index contributed by atoms with van der Waals surface area (Å²) in [6.45, 7) is 2.37. The maximum Gasteiger partial charge on any atom is 0.410 e. The van der Waals surface area contributed by atoms with E-state index in [1.54, 1.807) is 31.2 Å². The molecule has 0 saturated carbocycles. The van der Waals surface area contributed by atoms with Crippen molar-refractivity contribution in [3.63, 3.8) is 0 Å². The molecule has 0 spiro atoms.